The lowest BCUT2D eigenvalue weighted by atomic mass is 10.1. The number of benzene rings is 1. The van der Waals surface area contributed by atoms with Gasteiger partial charge in [-0.25, -0.2) is 13.6 Å². The quantitative estimate of drug-likeness (QED) is 0.569. The molecule has 0 spiro atoms. The highest BCUT2D eigenvalue weighted by Crippen LogP contribution is 2.14. The van der Waals surface area contributed by atoms with Crippen molar-refractivity contribution in [3.8, 4) is 11.8 Å². The summed E-state index contributed by atoms with van der Waals surface area (Å²) < 4.78 is 25.5. The van der Waals surface area contributed by atoms with E-state index in [1.165, 1.54) is 0 Å². The standard InChI is InChI=1S/C10H6F2O2S/c11-8-4-6(2-1-3-15)7(10(13)14)5-9(8)12/h4-5,15H,3H2,(H,13,14). The van der Waals surface area contributed by atoms with Gasteiger partial charge in [0.05, 0.1) is 11.3 Å². The van der Waals surface area contributed by atoms with E-state index in [1.54, 1.807) is 0 Å². The van der Waals surface area contributed by atoms with E-state index >= 15 is 0 Å². The largest absolute Gasteiger partial charge is 0.478 e. The molecule has 0 unspecified atom stereocenters. The molecule has 0 fully saturated rings. The van der Waals surface area contributed by atoms with Crippen molar-refractivity contribution in [2.75, 3.05) is 5.75 Å². The third-order valence-electron chi connectivity index (χ3n) is 1.59. The molecule has 0 aliphatic heterocycles. The maximum absolute atomic E-state index is 12.8. The van der Waals surface area contributed by atoms with Crippen LogP contribution in [0.25, 0.3) is 0 Å². The highest BCUT2D eigenvalue weighted by Gasteiger charge is 2.13. The van der Waals surface area contributed by atoms with Crippen molar-refractivity contribution in [2.24, 2.45) is 0 Å². The molecule has 0 radical (unpaired) electrons. The van der Waals surface area contributed by atoms with Crippen molar-refractivity contribution in [1.29, 1.82) is 0 Å². The van der Waals surface area contributed by atoms with Crippen LogP contribution in [0.15, 0.2) is 12.1 Å². The Balaban J connectivity index is 3.34. The van der Waals surface area contributed by atoms with Crippen LogP contribution in [0, 0.1) is 23.5 Å². The second-order valence-corrected chi connectivity index (χ2v) is 2.89. The van der Waals surface area contributed by atoms with Crippen LogP contribution in [0.1, 0.15) is 15.9 Å². The average Bonchev–Trinajstić information content (AvgIpc) is 2.19. The van der Waals surface area contributed by atoms with E-state index in [4.69, 9.17) is 5.11 Å². The third kappa shape index (κ3) is 2.70. The molecule has 0 aromatic heterocycles. The average molecular weight is 228 g/mol. The highest BCUT2D eigenvalue weighted by molar-refractivity contribution is 7.80. The predicted molar refractivity (Wildman–Crippen MR) is 54.0 cm³/mol. The lowest BCUT2D eigenvalue weighted by molar-refractivity contribution is 0.0696. The molecule has 1 aromatic carbocycles. The van der Waals surface area contributed by atoms with E-state index in [0.29, 0.717) is 6.07 Å². The Hall–Kier alpha value is -1.54. The molecule has 0 amide bonds. The second-order valence-electron chi connectivity index (χ2n) is 2.58. The lowest BCUT2D eigenvalue weighted by Gasteiger charge is -2.00. The summed E-state index contributed by atoms with van der Waals surface area (Å²) >= 11 is 3.79. The Morgan fingerprint density at radius 1 is 1.40 bits per heavy atom. The summed E-state index contributed by atoms with van der Waals surface area (Å²) in [5.74, 6) is 1.40. The molecule has 5 heteroatoms. The molecule has 0 aliphatic carbocycles. The fourth-order valence-corrected chi connectivity index (χ4v) is 1.04. The van der Waals surface area contributed by atoms with E-state index in [2.05, 4.69) is 24.5 Å². The minimum absolute atomic E-state index is 0.0598. The first kappa shape index (κ1) is 11.5. The lowest BCUT2D eigenvalue weighted by Crippen LogP contribution is -2.02. The van der Waals surface area contributed by atoms with Crippen LogP contribution >= 0.6 is 12.6 Å². The van der Waals surface area contributed by atoms with Crippen LogP contribution in [0.2, 0.25) is 0 Å². The number of halogens is 2. The van der Waals surface area contributed by atoms with Gasteiger partial charge in [-0.1, -0.05) is 11.8 Å². The normalized spacial score (nSPS) is 9.27. The van der Waals surface area contributed by atoms with Crippen molar-refractivity contribution in [3.05, 3.63) is 34.9 Å². The van der Waals surface area contributed by atoms with Gasteiger partial charge in [0.15, 0.2) is 11.6 Å². The van der Waals surface area contributed by atoms with Gasteiger partial charge in [-0.2, -0.15) is 12.6 Å². The molecule has 78 valence electrons. The van der Waals surface area contributed by atoms with E-state index in [-0.39, 0.29) is 16.9 Å². The van der Waals surface area contributed by atoms with Gasteiger partial charge >= 0.3 is 5.97 Å². The van der Waals surface area contributed by atoms with Crippen LogP contribution in [-0.4, -0.2) is 16.8 Å². The van der Waals surface area contributed by atoms with Gasteiger partial charge in [0.2, 0.25) is 0 Å². The number of carbonyl (C=O) groups is 1. The van der Waals surface area contributed by atoms with Crippen molar-refractivity contribution in [1.82, 2.24) is 0 Å². The second kappa shape index (κ2) is 4.80. The Labute approximate surface area is 90.3 Å². The molecule has 1 N–H and O–H groups in total. The molecule has 1 aromatic rings. The molecule has 2 nitrogen and oxygen atoms in total. The molecule has 15 heavy (non-hydrogen) atoms. The molecular formula is C10H6F2O2S. The zero-order valence-electron chi connectivity index (χ0n) is 7.42. The van der Waals surface area contributed by atoms with Gasteiger partial charge in [-0.05, 0) is 12.1 Å². The maximum Gasteiger partial charge on any atom is 0.337 e. The predicted octanol–water partition coefficient (Wildman–Crippen LogP) is 1.94. The summed E-state index contributed by atoms with van der Waals surface area (Å²) in [5, 5.41) is 8.70. The fourth-order valence-electron chi connectivity index (χ4n) is 0.962. The van der Waals surface area contributed by atoms with Crippen molar-refractivity contribution >= 4 is 18.6 Å². The summed E-state index contributed by atoms with van der Waals surface area (Å²) in [7, 11) is 0. The Kier molecular flexibility index (Phi) is 3.69. The van der Waals surface area contributed by atoms with Gasteiger partial charge in [-0.15, -0.1) is 0 Å². The molecule has 0 aliphatic rings. The van der Waals surface area contributed by atoms with E-state index in [0.717, 1.165) is 6.07 Å². The molecule has 0 bridgehead atoms. The summed E-state index contributed by atoms with van der Waals surface area (Å²) in [5.41, 5.74) is -0.418. The van der Waals surface area contributed by atoms with E-state index in [9.17, 15) is 13.6 Å². The number of hydrogen-bond acceptors (Lipinski definition) is 2. The summed E-state index contributed by atoms with van der Waals surface area (Å²) in [6.45, 7) is 0. The summed E-state index contributed by atoms with van der Waals surface area (Å²) in [6, 6.07) is 1.37. The Morgan fingerprint density at radius 2 is 2.00 bits per heavy atom. The van der Waals surface area contributed by atoms with Gasteiger partial charge in [0.25, 0.3) is 0 Å². The minimum atomic E-state index is -1.35. The SMILES string of the molecule is O=C(O)c1cc(F)c(F)cc1C#CCS. The van der Waals surface area contributed by atoms with Crippen molar-refractivity contribution < 1.29 is 18.7 Å². The fraction of sp³-hybridized carbons (Fsp3) is 0.100. The van der Waals surface area contributed by atoms with Crippen LogP contribution in [0.3, 0.4) is 0 Å². The number of aromatic carboxylic acids is 1. The van der Waals surface area contributed by atoms with Gasteiger partial charge in [-0.3, -0.25) is 0 Å². The maximum atomic E-state index is 12.8. The van der Waals surface area contributed by atoms with Crippen molar-refractivity contribution in [3.63, 3.8) is 0 Å². The molecule has 0 saturated heterocycles. The zero-order valence-corrected chi connectivity index (χ0v) is 8.31. The smallest absolute Gasteiger partial charge is 0.337 e. The highest BCUT2D eigenvalue weighted by atomic mass is 32.1. The number of thiol groups is 1. The van der Waals surface area contributed by atoms with E-state index in [1.807, 2.05) is 0 Å². The van der Waals surface area contributed by atoms with Gasteiger partial charge in [0, 0.05) is 5.56 Å². The first-order chi connectivity index (χ1) is 7.06. The monoisotopic (exact) mass is 228 g/mol. The molecule has 1 rings (SSSR count). The van der Waals surface area contributed by atoms with Crippen LogP contribution in [-0.2, 0) is 0 Å². The third-order valence-corrected chi connectivity index (χ3v) is 1.75. The number of carboxylic acid groups (broad SMARTS) is 1. The zero-order chi connectivity index (χ0) is 11.4. The molecular weight excluding hydrogens is 222 g/mol. The number of hydrogen-bond donors (Lipinski definition) is 2. The summed E-state index contributed by atoms with van der Waals surface area (Å²) in [4.78, 5) is 10.7. The molecule has 0 saturated carbocycles. The first-order valence-electron chi connectivity index (χ1n) is 3.88. The minimum Gasteiger partial charge on any atom is -0.478 e. The number of rotatable bonds is 1. The number of carboxylic acids is 1. The van der Waals surface area contributed by atoms with Gasteiger partial charge in [0.1, 0.15) is 0 Å². The molecule has 0 heterocycles. The van der Waals surface area contributed by atoms with Crippen LogP contribution in [0.5, 0.6) is 0 Å². The van der Waals surface area contributed by atoms with E-state index < -0.39 is 17.6 Å². The van der Waals surface area contributed by atoms with Crippen LogP contribution in [0.4, 0.5) is 8.78 Å². The van der Waals surface area contributed by atoms with Crippen LogP contribution < -0.4 is 0 Å². The molecule has 0 atom stereocenters. The first-order valence-corrected chi connectivity index (χ1v) is 4.51. The van der Waals surface area contributed by atoms with Gasteiger partial charge < -0.3 is 5.11 Å². The summed E-state index contributed by atoms with van der Waals surface area (Å²) in [6.07, 6.45) is 0. The Morgan fingerprint density at radius 3 is 2.53 bits per heavy atom. The Bertz CT molecular complexity index is 460. The van der Waals surface area contributed by atoms with Crippen molar-refractivity contribution in [2.45, 2.75) is 0 Å². The topological polar surface area (TPSA) is 37.3 Å².